The Morgan fingerprint density at radius 1 is 1.22 bits per heavy atom. The Morgan fingerprint density at radius 2 is 1.89 bits per heavy atom. The number of carbonyl (C=O) groups excluding carboxylic acids is 3. The minimum atomic E-state index is -1.46. The molecular formula is C25H32ClN5O5S. The molecule has 4 rings (SSSR count). The van der Waals surface area contributed by atoms with E-state index >= 15 is 0 Å². The van der Waals surface area contributed by atoms with Crippen molar-refractivity contribution >= 4 is 40.1 Å². The van der Waals surface area contributed by atoms with E-state index in [0.717, 1.165) is 5.56 Å². The van der Waals surface area contributed by atoms with Gasteiger partial charge in [0.15, 0.2) is 5.82 Å². The van der Waals surface area contributed by atoms with Gasteiger partial charge in [0, 0.05) is 55.5 Å². The van der Waals surface area contributed by atoms with Crippen molar-refractivity contribution in [1.82, 2.24) is 25.1 Å². The van der Waals surface area contributed by atoms with Crippen molar-refractivity contribution in [2.24, 2.45) is 0 Å². The Labute approximate surface area is 223 Å². The predicted molar refractivity (Wildman–Crippen MR) is 140 cm³/mol. The van der Waals surface area contributed by atoms with Crippen molar-refractivity contribution < 1.29 is 23.7 Å². The third kappa shape index (κ3) is 5.73. The van der Waals surface area contributed by atoms with Gasteiger partial charge in [0.1, 0.15) is 5.69 Å². The summed E-state index contributed by atoms with van der Waals surface area (Å²) in [5.41, 5.74) is 1.20. The van der Waals surface area contributed by atoms with Crippen LogP contribution in [0.5, 0.6) is 0 Å². The van der Waals surface area contributed by atoms with Gasteiger partial charge < -0.3 is 25.2 Å². The zero-order valence-corrected chi connectivity index (χ0v) is 22.7. The molecule has 1 aromatic heterocycles. The molecule has 2 aliphatic rings. The second kappa shape index (κ2) is 10.5. The van der Waals surface area contributed by atoms with Gasteiger partial charge in [-0.05, 0) is 44.4 Å². The van der Waals surface area contributed by atoms with Crippen molar-refractivity contribution in [2.45, 2.75) is 62.3 Å². The highest BCUT2D eigenvalue weighted by Crippen LogP contribution is 2.47. The summed E-state index contributed by atoms with van der Waals surface area (Å²) in [4.78, 5) is 43.1. The van der Waals surface area contributed by atoms with Crippen molar-refractivity contribution in [3.63, 3.8) is 0 Å². The maximum absolute atomic E-state index is 13.6. The van der Waals surface area contributed by atoms with Crippen LogP contribution in [0, 0.1) is 0 Å². The van der Waals surface area contributed by atoms with Gasteiger partial charge in [0.2, 0.25) is 5.91 Å². The number of fused-ring (bicyclic) bond motifs is 1. The summed E-state index contributed by atoms with van der Waals surface area (Å²) in [6.07, 6.45) is 1.76. The van der Waals surface area contributed by atoms with Crippen LogP contribution in [0.25, 0.3) is 0 Å². The molecule has 37 heavy (non-hydrogen) atoms. The molecule has 0 bridgehead atoms. The lowest BCUT2D eigenvalue weighted by molar-refractivity contribution is -0.119. The fourth-order valence-corrected chi connectivity index (χ4v) is 6.83. The largest absolute Gasteiger partial charge is 0.390 e. The molecule has 3 N–H and O–H groups in total. The molecule has 3 amide bonds. The van der Waals surface area contributed by atoms with Crippen LogP contribution in [0.3, 0.4) is 0 Å². The van der Waals surface area contributed by atoms with Crippen molar-refractivity contribution in [3.8, 4) is 0 Å². The van der Waals surface area contributed by atoms with Crippen LogP contribution in [-0.4, -0.2) is 76.7 Å². The summed E-state index contributed by atoms with van der Waals surface area (Å²) in [7, 11) is -1.46. The first-order valence-electron chi connectivity index (χ1n) is 12.2. The van der Waals surface area contributed by atoms with E-state index in [1.165, 1.54) is 13.1 Å². The van der Waals surface area contributed by atoms with Crippen LogP contribution in [0.4, 0.5) is 0 Å². The number of rotatable bonds is 10. The second-order valence-corrected chi connectivity index (χ2v) is 13.1. The third-order valence-corrected chi connectivity index (χ3v) is 9.83. The second-order valence-electron chi connectivity index (χ2n) is 10.2. The summed E-state index contributed by atoms with van der Waals surface area (Å²) < 4.78 is 13.6. The number of carbonyl (C=O) groups is 3. The van der Waals surface area contributed by atoms with Gasteiger partial charge in [-0.25, -0.2) is 4.98 Å². The summed E-state index contributed by atoms with van der Waals surface area (Å²) in [6, 6.07) is 7.14. The van der Waals surface area contributed by atoms with Crippen LogP contribution < -0.4 is 10.6 Å². The molecule has 1 aliphatic heterocycles. The van der Waals surface area contributed by atoms with Gasteiger partial charge in [-0.15, -0.1) is 0 Å². The van der Waals surface area contributed by atoms with E-state index in [1.54, 1.807) is 35.4 Å². The molecule has 2 heterocycles. The molecule has 1 fully saturated rings. The Balaban J connectivity index is 1.40. The Hall–Kier alpha value is -2.76. The fourth-order valence-electron chi connectivity index (χ4n) is 4.51. The van der Waals surface area contributed by atoms with Gasteiger partial charge in [-0.2, -0.15) is 0 Å². The number of amides is 3. The number of benzene rings is 1. The topological polar surface area (TPSA) is 134 Å². The molecule has 1 saturated carbocycles. The standard InChI is InChI=1S/C25H32ClN5O5S/c1-16(32)27-14-20(33)24(2,3)37(36)25(8-9-25)15-30-10-11-31-19(23(30)35)13-28-21(31)22(34)29-12-17-4-6-18(26)7-5-17/h4-7,13,20,33H,8-12,14-15H2,1-3H3,(H,27,32)(H,29,34). The number of aromatic nitrogens is 2. The number of aliphatic hydroxyl groups excluding tert-OH is 1. The van der Waals surface area contributed by atoms with E-state index in [1.807, 2.05) is 12.1 Å². The van der Waals surface area contributed by atoms with Gasteiger partial charge in [-0.1, -0.05) is 23.7 Å². The van der Waals surface area contributed by atoms with E-state index < -0.39 is 26.4 Å². The molecule has 10 nitrogen and oxygen atoms in total. The molecule has 0 saturated heterocycles. The van der Waals surface area contributed by atoms with Gasteiger partial charge in [0.05, 0.1) is 21.8 Å². The van der Waals surface area contributed by atoms with Gasteiger partial charge >= 0.3 is 0 Å². The van der Waals surface area contributed by atoms with E-state index in [9.17, 15) is 23.7 Å². The van der Waals surface area contributed by atoms with E-state index in [4.69, 9.17) is 11.6 Å². The third-order valence-electron chi connectivity index (χ3n) is 7.03. The zero-order chi connectivity index (χ0) is 27.0. The Morgan fingerprint density at radius 3 is 2.51 bits per heavy atom. The number of hydrogen-bond acceptors (Lipinski definition) is 6. The number of nitrogens with one attached hydrogen (secondary N) is 2. The maximum Gasteiger partial charge on any atom is 0.287 e. The van der Waals surface area contributed by atoms with E-state index in [-0.39, 0.29) is 36.6 Å². The monoisotopic (exact) mass is 549 g/mol. The fraction of sp³-hybridized carbons (Fsp3) is 0.520. The lowest BCUT2D eigenvalue weighted by Gasteiger charge is -2.37. The minimum Gasteiger partial charge on any atom is -0.390 e. The number of aliphatic hydroxyl groups is 1. The summed E-state index contributed by atoms with van der Waals surface area (Å²) in [6.45, 7) is 6.15. The number of imidazole rings is 1. The first kappa shape index (κ1) is 27.3. The zero-order valence-electron chi connectivity index (χ0n) is 21.1. The minimum absolute atomic E-state index is 0.00877. The van der Waals surface area contributed by atoms with E-state index in [0.29, 0.717) is 43.2 Å². The normalized spacial score (nSPS) is 18.1. The highest BCUT2D eigenvalue weighted by molar-refractivity contribution is 7.88. The van der Waals surface area contributed by atoms with Crippen LogP contribution in [0.1, 0.15) is 60.3 Å². The van der Waals surface area contributed by atoms with Gasteiger partial charge in [-0.3, -0.25) is 18.6 Å². The van der Waals surface area contributed by atoms with Crippen LogP contribution >= 0.6 is 11.6 Å². The molecule has 0 spiro atoms. The predicted octanol–water partition coefficient (Wildman–Crippen LogP) is 1.48. The number of halogens is 1. The Bertz CT molecular complexity index is 1220. The molecular weight excluding hydrogens is 518 g/mol. The molecule has 2 aromatic rings. The molecule has 1 aromatic carbocycles. The van der Waals surface area contributed by atoms with Crippen LogP contribution in [0.2, 0.25) is 5.02 Å². The molecule has 0 radical (unpaired) electrons. The number of nitrogens with zero attached hydrogens (tertiary/aromatic N) is 3. The van der Waals surface area contributed by atoms with Crippen molar-refractivity contribution in [3.05, 3.63) is 52.6 Å². The highest BCUT2D eigenvalue weighted by atomic mass is 35.5. The lowest BCUT2D eigenvalue weighted by Crippen LogP contribution is -2.53. The molecule has 2 atom stereocenters. The van der Waals surface area contributed by atoms with E-state index in [2.05, 4.69) is 15.6 Å². The maximum atomic E-state index is 13.6. The molecule has 200 valence electrons. The molecule has 12 heteroatoms. The van der Waals surface area contributed by atoms with Crippen molar-refractivity contribution in [1.29, 1.82) is 0 Å². The average Bonchev–Trinajstić information content (AvgIpc) is 3.51. The number of hydrogen-bond donors (Lipinski definition) is 3. The van der Waals surface area contributed by atoms with Crippen LogP contribution in [0.15, 0.2) is 30.5 Å². The smallest absolute Gasteiger partial charge is 0.287 e. The summed E-state index contributed by atoms with van der Waals surface area (Å²) in [5, 5.41) is 16.6. The molecule has 2 unspecified atom stereocenters. The SMILES string of the molecule is CC(=O)NCC(O)C(C)(C)S(=O)C1(CN2CCn3c(cnc3C(=O)NCc3ccc(Cl)cc3)C2=O)CC1. The highest BCUT2D eigenvalue weighted by Gasteiger charge is 2.56. The average molecular weight is 550 g/mol. The van der Waals surface area contributed by atoms with Crippen molar-refractivity contribution in [2.75, 3.05) is 19.6 Å². The lowest BCUT2D eigenvalue weighted by atomic mass is 10.1. The molecule has 1 aliphatic carbocycles. The summed E-state index contributed by atoms with van der Waals surface area (Å²) in [5.74, 6) is -0.744. The first-order valence-corrected chi connectivity index (χ1v) is 13.7. The van der Waals surface area contributed by atoms with Crippen LogP contribution in [-0.2, 0) is 28.7 Å². The first-order chi connectivity index (χ1) is 17.4. The summed E-state index contributed by atoms with van der Waals surface area (Å²) >= 11 is 5.90. The van der Waals surface area contributed by atoms with Gasteiger partial charge in [0.25, 0.3) is 11.8 Å². The quantitative estimate of drug-likeness (QED) is 0.411. The Kier molecular flexibility index (Phi) is 7.77.